The van der Waals surface area contributed by atoms with Crippen LogP contribution in [0.5, 0.6) is 40.2 Å². The van der Waals surface area contributed by atoms with Crippen molar-refractivity contribution in [2.45, 2.75) is 212 Å². The minimum atomic E-state index is -3.71. The Morgan fingerprint density at radius 2 is 0.844 bits per heavy atom. The van der Waals surface area contributed by atoms with Crippen LogP contribution in [0.1, 0.15) is 209 Å². The number of nitrogens with zero attached hydrogens (tertiary/aromatic N) is 1. The first-order chi connectivity index (χ1) is 52.0. The molecule has 24 heteroatoms. The molecule has 0 bridgehead atoms. The number of hydrogen-bond donors (Lipinski definition) is 6. The SMILES string of the molecule is CCC1(CC)CS(=O)(=O)c2cc(O)c(O)cc2C(C2=CCCC=C2)N1.CCC1(CC)CS(=O)(=O)c2cc(OC)c(OC)cc2C(c2ccccc2)N1.CCC1(CC)CS(=O)(=O)c2cc(OC)ccc2C(c2ccccc2)N1.CCCC[C@]1(CC)CS(=O)(=O)c2cc(OCC)c(OCC)cc2[C@@H](c2ccccc2)N1O. The van der Waals surface area contributed by atoms with Gasteiger partial charge in [-0.25, -0.2) is 33.7 Å². The van der Waals surface area contributed by atoms with E-state index in [0.29, 0.717) is 107 Å². The Morgan fingerprint density at radius 3 is 1.30 bits per heavy atom. The van der Waals surface area contributed by atoms with Gasteiger partial charge in [0, 0.05) is 34.8 Å². The quantitative estimate of drug-likeness (QED) is 0.0365. The molecule has 5 atom stereocenters. The van der Waals surface area contributed by atoms with Crippen LogP contribution in [-0.4, -0.2) is 134 Å². The van der Waals surface area contributed by atoms with Gasteiger partial charge >= 0.3 is 0 Å². The number of unbranched alkanes of at least 4 members (excludes halogenated alkanes) is 1. The maximum absolute atomic E-state index is 13.7. The molecule has 6 N–H and O–H groups in total. The van der Waals surface area contributed by atoms with Crippen LogP contribution in [0, 0.1) is 0 Å². The van der Waals surface area contributed by atoms with Crippen LogP contribution in [0.25, 0.3) is 0 Å². The van der Waals surface area contributed by atoms with Gasteiger partial charge in [-0.1, -0.05) is 184 Å². The lowest BCUT2D eigenvalue weighted by Crippen LogP contribution is -2.51. The summed E-state index contributed by atoms with van der Waals surface area (Å²) in [6.07, 6.45) is 15.2. The number of aromatic hydroxyl groups is 2. The molecule has 20 nitrogen and oxygen atoms in total. The van der Waals surface area contributed by atoms with E-state index in [9.17, 15) is 49.1 Å². The molecule has 0 aromatic heterocycles. The highest BCUT2D eigenvalue weighted by atomic mass is 32.2. The predicted molar refractivity (Wildman–Crippen MR) is 429 cm³/mol. The average Bonchev–Trinajstić information content (AvgIpc) is 1.62. The van der Waals surface area contributed by atoms with Crippen LogP contribution < -0.4 is 39.6 Å². The van der Waals surface area contributed by atoms with Gasteiger partial charge < -0.3 is 39.1 Å². The molecule has 0 spiro atoms. The summed E-state index contributed by atoms with van der Waals surface area (Å²) in [5.74, 6) is 1.66. The Hall–Kier alpha value is -7.78. The van der Waals surface area contributed by atoms with Gasteiger partial charge in [0.15, 0.2) is 73.8 Å². The van der Waals surface area contributed by atoms with Crippen molar-refractivity contribution in [1.82, 2.24) is 21.0 Å². The first kappa shape index (κ1) is 85.2. The van der Waals surface area contributed by atoms with Crippen molar-refractivity contribution in [1.29, 1.82) is 0 Å². The van der Waals surface area contributed by atoms with Crippen LogP contribution in [-0.2, 0) is 39.3 Å². The monoisotopic (exact) mass is 1570 g/mol. The molecule has 0 radical (unpaired) electrons. The van der Waals surface area contributed by atoms with Crippen LogP contribution in [0.4, 0.5) is 0 Å². The molecule has 109 heavy (non-hydrogen) atoms. The van der Waals surface area contributed by atoms with E-state index in [1.165, 1.54) is 24.3 Å². The number of allylic oxidation sites excluding steroid dienone is 2. The predicted octanol–water partition coefficient (Wildman–Crippen LogP) is 16.2. The van der Waals surface area contributed by atoms with Crippen LogP contribution in [0.3, 0.4) is 0 Å². The Balaban J connectivity index is 0.000000168. The molecule has 0 saturated carbocycles. The maximum atomic E-state index is 13.7. The summed E-state index contributed by atoms with van der Waals surface area (Å²) >= 11 is 0. The molecule has 7 aromatic rings. The van der Waals surface area contributed by atoms with Gasteiger partial charge in [0.2, 0.25) is 0 Å². The van der Waals surface area contributed by atoms with Crippen molar-refractivity contribution < 1.29 is 72.8 Å². The van der Waals surface area contributed by atoms with E-state index < -0.39 is 73.3 Å². The summed E-state index contributed by atoms with van der Waals surface area (Å²) in [5, 5.41) is 43.8. The summed E-state index contributed by atoms with van der Waals surface area (Å²) in [6, 6.07) is 42.7. The largest absolute Gasteiger partial charge is 0.504 e. The Labute approximate surface area is 647 Å². The molecule has 12 rings (SSSR count). The molecule has 0 amide bonds. The third kappa shape index (κ3) is 18.6. The summed E-state index contributed by atoms with van der Waals surface area (Å²) in [4.78, 5) is 0.982. The Morgan fingerprint density at radius 1 is 0.431 bits per heavy atom. The molecule has 1 aliphatic carbocycles. The number of phenols is 2. The first-order valence-electron chi connectivity index (χ1n) is 38.2. The van der Waals surface area contributed by atoms with Crippen molar-refractivity contribution in [3.8, 4) is 40.2 Å². The molecule has 5 aliphatic rings. The minimum absolute atomic E-state index is 0.0301. The van der Waals surface area contributed by atoms with Crippen LogP contribution in [0.2, 0.25) is 0 Å². The lowest BCUT2D eigenvalue weighted by molar-refractivity contribution is -0.193. The van der Waals surface area contributed by atoms with Crippen molar-refractivity contribution in [3.05, 3.63) is 208 Å². The van der Waals surface area contributed by atoms with E-state index >= 15 is 0 Å². The van der Waals surface area contributed by atoms with Gasteiger partial charge in [-0.05, 0) is 153 Å². The zero-order valence-electron chi connectivity index (χ0n) is 65.4. The summed E-state index contributed by atoms with van der Waals surface area (Å²) in [6.45, 7) is 20.7. The molecule has 7 aromatic carbocycles. The van der Waals surface area contributed by atoms with Gasteiger partial charge in [0.05, 0.1) is 107 Å². The third-order valence-electron chi connectivity index (χ3n) is 22.5. The highest BCUT2D eigenvalue weighted by Crippen LogP contribution is 2.50. The van der Waals surface area contributed by atoms with Gasteiger partial charge in [-0.15, -0.1) is 0 Å². The average molecular weight is 1570 g/mol. The fourth-order valence-electron chi connectivity index (χ4n) is 15.7. The third-order valence-corrected chi connectivity index (χ3v) is 30.3. The van der Waals surface area contributed by atoms with Crippen LogP contribution in [0.15, 0.2) is 189 Å². The zero-order valence-corrected chi connectivity index (χ0v) is 68.6. The lowest BCUT2D eigenvalue weighted by atomic mass is 9.87. The van der Waals surface area contributed by atoms with Gasteiger partial charge in [0.1, 0.15) is 5.75 Å². The number of methoxy groups -OCH3 is 3. The number of hydroxylamine groups is 2. The number of sulfone groups is 4. The number of fused-ring (bicyclic) bond motifs is 4. The smallest absolute Gasteiger partial charge is 0.180 e. The molecular formula is C85H112N4O16S4. The number of ether oxygens (including phenoxy) is 5. The zero-order chi connectivity index (χ0) is 79.3. The molecule has 0 saturated heterocycles. The molecular weight excluding hydrogens is 1460 g/mol. The molecule has 0 fully saturated rings. The fourth-order valence-corrected chi connectivity index (χ4v) is 24.4. The van der Waals surface area contributed by atoms with Crippen LogP contribution >= 0.6 is 0 Å². The summed E-state index contributed by atoms with van der Waals surface area (Å²) in [5.41, 5.74) is 4.01. The second kappa shape index (κ2) is 36.1. The lowest BCUT2D eigenvalue weighted by Gasteiger charge is -2.42. The van der Waals surface area contributed by atoms with Crippen molar-refractivity contribution >= 4 is 39.3 Å². The van der Waals surface area contributed by atoms with E-state index in [1.54, 1.807) is 44.6 Å². The van der Waals surface area contributed by atoms with Crippen molar-refractivity contribution in [3.63, 3.8) is 0 Å². The second-order valence-electron chi connectivity index (χ2n) is 28.8. The van der Waals surface area contributed by atoms with E-state index in [1.807, 2.05) is 172 Å². The summed E-state index contributed by atoms with van der Waals surface area (Å²) in [7, 11) is -9.62. The number of benzene rings is 7. The highest BCUT2D eigenvalue weighted by molar-refractivity contribution is 7.92. The number of rotatable bonds is 21. The fraction of sp³-hybridized carbons (Fsp3) is 0.459. The topological polar surface area (TPSA) is 283 Å². The molecule has 3 unspecified atom stereocenters. The van der Waals surface area contributed by atoms with Gasteiger partial charge in [-0.2, -0.15) is 5.06 Å². The van der Waals surface area contributed by atoms with Crippen molar-refractivity contribution in [2.24, 2.45) is 0 Å². The summed E-state index contributed by atoms with van der Waals surface area (Å²) < 4.78 is 134. The second-order valence-corrected chi connectivity index (χ2v) is 36.6. The Bertz CT molecular complexity index is 4800. The number of hydrogen-bond acceptors (Lipinski definition) is 20. The Kier molecular flexibility index (Phi) is 28.3. The van der Waals surface area contributed by atoms with E-state index in [-0.39, 0.29) is 56.7 Å². The normalized spacial score (nSPS) is 22.1. The first-order valence-corrected chi connectivity index (χ1v) is 44.8. The van der Waals surface area contributed by atoms with Gasteiger partial charge in [-0.3, -0.25) is 16.0 Å². The minimum Gasteiger partial charge on any atom is -0.504 e. The highest BCUT2D eigenvalue weighted by Gasteiger charge is 2.50. The molecule has 4 heterocycles. The van der Waals surface area contributed by atoms with Gasteiger partial charge in [0.25, 0.3) is 0 Å². The number of nitrogens with one attached hydrogen (secondary N) is 3. The number of phenolic OH excluding ortho intramolecular Hbond substituents is 2. The van der Waals surface area contributed by atoms with E-state index in [4.69, 9.17) is 23.7 Å². The van der Waals surface area contributed by atoms with Crippen molar-refractivity contribution in [2.75, 3.05) is 57.6 Å². The van der Waals surface area contributed by atoms with E-state index in [2.05, 4.69) is 35.0 Å². The maximum Gasteiger partial charge on any atom is 0.180 e. The standard InChI is InChI=1S/C25H35NO5S.C21H27NO4S.C20H25NO3S.C19H25NO4S/c1-5-9-15-25(6-2)18-32(28,29)23-17-22(31-8-4)21(30-7-3)16-20(23)24(26(25)27)19-13-11-10-12-14-19;1-5-21(6-2)14-27(23,24)19-13-18(26-4)17(25-3)12-16(19)20(22-21)15-10-8-7-9-11-15;1-4-20(5-2)14-25(22,23)18-13-16(24-3)11-12-17(18)19(21-20)15-9-7-6-8-10-15;1-3-19(4-2)12-25(23,24)17-11-16(22)15(21)10-14(17)18(20-19)13-8-6-5-7-9-13/h10-14,16-17,24,27H,5-9,15,18H2,1-4H3;7-13,20,22H,5-6,14H2,1-4H3;6-13,19,21H,4-5,14H2,1-3H3;6,8-11,18,20-22H,3-5,7,12H2,1-2H3/t24-,25-;;;/m1.../s1. The molecule has 592 valence electrons. The van der Waals surface area contributed by atoms with E-state index in [0.717, 1.165) is 66.4 Å². The molecule has 4 aliphatic heterocycles.